The van der Waals surface area contributed by atoms with Crippen LogP contribution in [-0.4, -0.2) is 23.7 Å². The zero-order valence-corrected chi connectivity index (χ0v) is 15.7. The van der Waals surface area contributed by atoms with Gasteiger partial charge >= 0.3 is 6.18 Å². The summed E-state index contributed by atoms with van der Waals surface area (Å²) in [5.74, 6) is -0.548. The number of nitrogens with zero attached hydrogens (tertiary/aromatic N) is 2. The van der Waals surface area contributed by atoms with Gasteiger partial charge in [0, 0.05) is 22.0 Å². The third kappa shape index (κ3) is 5.31. The molecule has 3 aromatic rings. The Bertz CT molecular complexity index is 1010. The molecule has 0 aliphatic rings. The van der Waals surface area contributed by atoms with Gasteiger partial charge in [-0.25, -0.2) is 4.98 Å². The number of anilines is 1. The molecule has 0 unspecified atom stereocenters. The number of halogens is 3. The molecule has 0 fully saturated rings. The molecule has 1 amide bonds. The van der Waals surface area contributed by atoms with Crippen molar-refractivity contribution >= 4 is 34.3 Å². The standard InChI is InChI=1S/C18H12F3N3O2S2/c19-18(20,21)10-26-15-2-1-13(5-12(15)7-22)23-16(25)6-14-9-28-17(24-14)11-3-4-27-8-11/h1-5,8-9H,6,10H2,(H,23,25). The zero-order chi connectivity index (χ0) is 20.1. The van der Waals surface area contributed by atoms with Crippen LogP contribution in [0.2, 0.25) is 0 Å². The third-order valence-electron chi connectivity index (χ3n) is 3.44. The van der Waals surface area contributed by atoms with Crippen molar-refractivity contribution in [2.75, 3.05) is 11.9 Å². The number of amides is 1. The van der Waals surface area contributed by atoms with Gasteiger partial charge in [0.05, 0.1) is 17.7 Å². The van der Waals surface area contributed by atoms with Crippen LogP contribution in [0.25, 0.3) is 10.6 Å². The topological polar surface area (TPSA) is 75.0 Å². The van der Waals surface area contributed by atoms with E-state index in [2.05, 4.69) is 15.0 Å². The van der Waals surface area contributed by atoms with Crippen molar-refractivity contribution < 1.29 is 22.7 Å². The highest BCUT2D eigenvalue weighted by Gasteiger charge is 2.28. The zero-order valence-electron chi connectivity index (χ0n) is 14.1. The van der Waals surface area contributed by atoms with Crippen LogP contribution in [0, 0.1) is 11.3 Å². The molecular weight excluding hydrogens is 411 g/mol. The van der Waals surface area contributed by atoms with Crippen molar-refractivity contribution in [2.45, 2.75) is 12.6 Å². The summed E-state index contributed by atoms with van der Waals surface area (Å²) in [6, 6.07) is 7.57. The predicted molar refractivity (Wildman–Crippen MR) is 100 cm³/mol. The molecule has 0 bridgehead atoms. The fourth-order valence-electron chi connectivity index (χ4n) is 2.26. The van der Waals surface area contributed by atoms with Crippen molar-refractivity contribution in [3.05, 3.63) is 51.7 Å². The van der Waals surface area contributed by atoms with E-state index >= 15 is 0 Å². The van der Waals surface area contributed by atoms with E-state index in [9.17, 15) is 18.0 Å². The Morgan fingerprint density at radius 3 is 2.79 bits per heavy atom. The first-order valence-electron chi connectivity index (χ1n) is 7.84. The Morgan fingerprint density at radius 1 is 1.29 bits per heavy atom. The molecule has 1 N–H and O–H groups in total. The van der Waals surface area contributed by atoms with Gasteiger partial charge in [-0.1, -0.05) is 0 Å². The Morgan fingerprint density at radius 2 is 2.11 bits per heavy atom. The lowest BCUT2D eigenvalue weighted by Crippen LogP contribution is -2.19. The smallest absolute Gasteiger partial charge is 0.422 e. The van der Waals surface area contributed by atoms with Gasteiger partial charge in [0.15, 0.2) is 6.61 Å². The van der Waals surface area contributed by atoms with Crippen LogP contribution >= 0.6 is 22.7 Å². The summed E-state index contributed by atoms with van der Waals surface area (Å²) >= 11 is 2.99. The van der Waals surface area contributed by atoms with Crippen LogP contribution in [0.5, 0.6) is 5.75 Å². The molecule has 1 aromatic carbocycles. The number of thiophene rings is 1. The third-order valence-corrected chi connectivity index (χ3v) is 5.06. The number of nitriles is 1. The van der Waals surface area contributed by atoms with Gasteiger partial charge in [-0.3, -0.25) is 4.79 Å². The van der Waals surface area contributed by atoms with Gasteiger partial charge in [0.1, 0.15) is 16.8 Å². The average Bonchev–Trinajstić information content (AvgIpc) is 3.31. The molecule has 0 aliphatic carbocycles. The SMILES string of the molecule is N#Cc1cc(NC(=O)Cc2csc(-c3ccsc3)n2)ccc1OCC(F)(F)F. The number of rotatable bonds is 6. The molecule has 0 radical (unpaired) electrons. The van der Waals surface area contributed by atoms with Crippen molar-refractivity contribution in [1.82, 2.24) is 4.98 Å². The van der Waals surface area contributed by atoms with Gasteiger partial charge in [-0.05, 0) is 29.6 Å². The van der Waals surface area contributed by atoms with Crippen LogP contribution in [0.1, 0.15) is 11.3 Å². The van der Waals surface area contributed by atoms with E-state index in [1.807, 2.05) is 16.8 Å². The number of aromatic nitrogens is 1. The minimum Gasteiger partial charge on any atom is -0.483 e. The summed E-state index contributed by atoms with van der Waals surface area (Å²) in [6.07, 6.45) is -4.47. The second kappa shape index (κ2) is 8.41. The van der Waals surface area contributed by atoms with E-state index in [1.165, 1.54) is 29.5 Å². The largest absolute Gasteiger partial charge is 0.483 e. The lowest BCUT2D eigenvalue weighted by molar-refractivity contribution is -0.153. The maximum absolute atomic E-state index is 12.3. The highest BCUT2D eigenvalue weighted by atomic mass is 32.1. The first kappa shape index (κ1) is 19.9. The number of thiazole rings is 1. The fraction of sp³-hybridized carbons (Fsp3) is 0.167. The van der Waals surface area contributed by atoms with E-state index in [0.717, 1.165) is 10.6 Å². The molecule has 5 nitrogen and oxygen atoms in total. The summed E-state index contributed by atoms with van der Waals surface area (Å²) in [5, 5.41) is 18.2. The van der Waals surface area contributed by atoms with E-state index in [0.29, 0.717) is 5.69 Å². The Hall–Kier alpha value is -2.90. The lowest BCUT2D eigenvalue weighted by atomic mass is 10.2. The average molecular weight is 423 g/mol. The van der Waals surface area contributed by atoms with Gasteiger partial charge < -0.3 is 10.1 Å². The Balaban J connectivity index is 1.63. The number of alkyl halides is 3. The maximum Gasteiger partial charge on any atom is 0.422 e. The molecule has 2 heterocycles. The first-order valence-corrected chi connectivity index (χ1v) is 9.67. The summed E-state index contributed by atoms with van der Waals surface area (Å²) in [6.45, 7) is -1.50. The summed E-state index contributed by atoms with van der Waals surface area (Å²) in [5.41, 5.74) is 1.79. The summed E-state index contributed by atoms with van der Waals surface area (Å²) in [7, 11) is 0. The monoisotopic (exact) mass is 423 g/mol. The molecule has 0 saturated carbocycles. The normalized spacial score (nSPS) is 11.1. The molecule has 28 heavy (non-hydrogen) atoms. The van der Waals surface area contributed by atoms with E-state index in [1.54, 1.807) is 22.8 Å². The second-order valence-electron chi connectivity index (χ2n) is 5.61. The van der Waals surface area contributed by atoms with Crippen LogP contribution in [0.4, 0.5) is 18.9 Å². The lowest BCUT2D eigenvalue weighted by Gasteiger charge is -2.11. The Kier molecular flexibility index (Phi) is 5.96. The quantitative estimate of drug-likeness (QED) is 0.614. The molecule has 0 saturated heterocycles. The molecule has 10 heteroatoms. The van der Waals surface area contributed by atoms with Crippen molar-refractivity contribution in [2.24, 2.45) is 0 Å². The number of nitrogens with one attached hydrogen (secondary N) is 1. The molecule has 3 rings (SSSR count). The van der Waals surface area contributed by atoms with Crippen molar-refractivity contribution in [3.8, 4) is 22.4 Å². The Labute approximate surface area is 166 Å². The molecule has 0 spiro atoms. The van der Waals surface area contributed by atoms with Gasteiger partial charge in [0.2, 0.25) is 5.91 Å². The van der Waals surface area contributed by atoms with Crippen LogP contribution in [0.3, 0.4) is 0 Å². The molecule has 2 aromatic heterocycles. The minimum absolute atomic E-state index is 0.0366. The molecule has 0 aliphatic heterocycles. The number of ether oxygens (including phenoxy) is 1. The highest BCUT2D eigenvalue weighted by molar-refractivity contribution is 7.14. The van der Waals surface area contributed by atoms with Gasteiger partial charge in [0.25, 0.3) is 0 Å². The number of carbonyl (C=O) groups excluding carboxylic acids is 1. The van der Waals surface area contributed by atoms with Gasteiger partial charge in [-0.15, -0.1) is 11.3 Å². The van der Waals surface area contributed by atoms with E-state index in [-0.39, 0.29) is 29.3 Å². The highest BCUT2D eigenvalue weighted by Crippen LogP contribution is 2.27. The van der Waals surface area contributed by atoms with Crippen LogP contribution in [0.15, 0.2) is 40.4 Å². The van der Waals surface area contributed by atoms with E-state index in [4.69, 9.17) is 5.26 Å². The van der Waals surface area contributed by atoms with E-state index < -0.39 is 12.8 Å². The maximum atomic E-state index is 12.3. The molecular formula is C18H12F3N3O2S2. The van der Waals surface area contributed by atoms with Crippen molar-refractivity contribution in [3.63, 3.8) is 0 Å². The number of benzene rings is 1. The molecule has 144 valence electrons. The molecule has 0 atom stereocenters. The summed E-state index contributed by atoms with van der Waals surface area (Å²) < 4.78 is 41.4. The van der Waals surface area contributed by atoms with Crippen LogP contribution in [-0.2, 0) is 11.2 Å². The summed E-state index contributed by atoms with van der Waals surface area (Å²) in [4.78, 5) is 16.6. The predicted octanol–water partition coefficient (Wildman–Crippen LogP) is 4.87. The van der Waals surface area contributed by atoms with Gasteiger partial charge in [-0.2, -0.15) is 29.8 Å². The van der Waals surface area contributed by atoms with Crippen molar-refractivity contribution in [1.29, 1.82) is 5.26 Å². The first-order chi connectivity index (χ1) is 13.3. The number of hydrogen-bond acceptors (Lipinski definition) is 6. The second-order valence-corrected chi connectivity index (χ2v) is 7.25. The number of hydrogen-bond donors (Lipinski definition) is 1. The number of carbonyl (C=O) groups is 1. The van der Waals surface area contributed by atoms with Crippen LogP contribution < -0.4 is 10.1 Å². The fourth-order valence-corrected chi connectivity index (χ4v) is 3.79. The minimum atomic E-state index is -4.50.